The van der Waals surface area contributed by atoms with Crippen LogP contribution in [0.4, 0.5) is 0 Å². The molecule has 346 valence electrons. The number of carbonyl (C=O) groups is 5. The summed E-state index contributed by atoms with van der Waals surface area (Å²) in [5.74, 6) is -2.63. The molecule has 0 radical (unpaired) electrons. The third kappa shape index (κ3) is 7.39. The third-order valence-corrected chi connectivity index (χ3v) is 16.1. The summed E-state index contributed by atoms with van der Waals surface area (Å²) in [6.45, 7) is 15.9. The highest BCUT2D eigenvalue weighted by Crippen LogP contribution is 2.61. The van der Waals surface area contributed by atoms with Gasteiger partial charge in [0.15, 0.2) is 18.0 Å². The number of allylic oxidation sites excluding steroid dienone is 4. The zero-order valence-electron chi connectivity index (χ0n) is 38.9. The van der Waals surface area contributed by atoms with Gasteiger partial charge in [-0.25, -0.2) is 14.4 Å². The topological polar surface area (TPSA) is 150 Å². The minimum Gasteiger partial charge on any atom is -0.460 e. The Balaban J connectivity index is 0.000000181. The van der Waals surface area contributed by atoms with Gasteiger partial charge in [-0.05, 0) is 75.7 Å². The summed E-state index contributed by atoms with van der Waals surface area (Å²) in [7, 11) is 3.05. The van der Waals surface area contributed by atoms with Gasteiger partial charge in [-0.3, -0.25) is 9.59 Å². The maximum Gasteiger partial charge on any atom is 0.335 e. The standard InChI is InChI=1S/C29H36O7.C23H30O5/c1-6-21-15(2)13-16(3)29-19(14-22(33-5)28(32)34-21)11-12-20-23(29)24(30)17(4)25(26(20)36-29)35-27(31)18-9-7-8-10-18;1-6-17-12(2)9-14(4)23-15(11-19(26-5)22(25)27-17)7-8-16-18(28-23)10-13(3)21(24)20(16)23/h7-9,11-13,15,17,19-23,25-26H,6,10,14H2,1-5H3;7-10,12,15-20H,6,11H2,1-5H3/b16-13+;14-9+/t15-,17-,19-,20-,21-,22+,23+,25-,26-,29+;12-,15-,16+,17-,18+,19+,20+,23+/m11/s1. The lowest BCUT2D eigenvalue weighted by molar-refractivity contribution is -0.168. The van der Waals surface area contributed by atoms with Gasteiger partial charge in [0.05, 0.1) is 23.9 Å². The minimum atomic E-state index is -0.925. The molecule has 1 saturated carbocycles. The largest absolute Gasteiger partial charge is 0.460 e. The average Bonchev–Trinajstić information content (AvgIpc) is 3.92. The second-order valence-corrected chi connectivity index (χ2v) is 19.5. The van der Waals surface area contributed by atoms with Crippen molar-refractivity contribution in [3.63, 3.8) is 0 Å². The van der Waals surface area contributed by atoms with Gasteiger partial charge in [-0.15, -0.1) is 0 Å². The van der Waals surface area contributed by atoms with Crippen molar-refractivity contribution in [2.75, 3.05) is 14.2 Å². The average molecular weight is 883 g/mol. The van der Waals surface area contributed by atoms with Gasteiger partial charge in [0.1, 0.15) is 41.4 Å². The SMILES string of the molecule is CC[C@H]1OC(=O)[C@@H](OC)C[C@H]2C=C[C@H]3[C@@H]4C=C(C)C(=O)[C@H]3[C@]2(O4)/C(C)=C/[C@H]1C.CC[C@H]1OC(=O)[C@@H](OC)C[C@H]2C=C[C@H]3[C@H]4O[C@]2(/C(C)=C/[C@H]1C)[C@@H]3C(=O)[C@@H](C)[C@H]4OC(=O)C1=CC=CC1. The molecule has 64 heavy (non-hydrogen) atoms. The van der Waals surface area contributed by atoms with Gasteiger partial charge in [-0.1, -0.05) is 89.3 Å². The van der Waals surface area contributed by atoms with E-state index in [1.165, 1.54) is 14.2 Å². The molecule has 0 aromatic carbocycles. The highest BCUT2D eigenvalue weighted by Gasteiger charge is 2.69. The van der Waals surface area contributed by atoms with Gasteiger partial charge in [-0.2, -0.15) is 0 Å². The lowest BCUT2D eigenvalue weighted by Crippen LogP contribution is -2.55. The van der Waals surface area contributed by atoms with E-state index in [-0.39, 0.29) is 83.2 Å². The molecule has 5 aliphatic carbocycles. The molecule has 12 heteroatoms. The number of hydrogen-bond acceptors (Lipinski definition) is 12. The number of esters is 3. The molecule has 8 bridgehead atoms. The number of methoxy groups -OCH3 is 2. The summed E-state index contributed by atoms with van der Waals surface area (Å²) in [6, 6.07) is 0. The van der Waals surface area contributed by atoms with Crippen LogP contribution >= 0.6 is 0 Å². The van der Waals surface area contributed by atoms with Crippen LogP contribution < -0.4 is 0 Å². The van der Waals surface area contributed by atoms with Gasteiger partial charge in [0, 0.05) is 55.3 Å². The van der Waals surface area contributed by atoms with E-state index >= 15 is 0 Å². The molecule has 0 unspecified atom stereocenters. The molecular formula is C52H66O12. The van der Waals surface area contributed by atoms with Gasteiger partial charge < -0.3 is 33.2 Å². The number of ether oxygens (including phenoxy) is 7. The van der Waals surface area contributed by atoms with Crippen LogP contribution in [0.5, 0.6) is 0 Å². The van der Waals surface area contributed by atoms with Crippen LogP contribution in [-0.2, 0) is 57.1 Å². The van der Waals surface area contributed by atoms with E-state index < -0.39 is 53.4 Å². The molecule has 4 aliphatic heterocycles. The molecule has 0 amide bonds. The third-order valence-electron chi connectivity index (χ3n) is 16.1. The zero-order chi connectivity index (χ0) is 46.0. The van der Waals surface area contributed by atoms with E-state index in [1.54, 1.807) is 6.08 Å². The lowest BCUT2D eigenvalue weighted by Gasteiger charge is -2.45. The maximum atomic E-state index is 14.0. The fourth-order valence-corrected chi connectivity index (χ4v) is 12.7. The molecule has 3 fully saturated rings. The van der Waals surface area contributed by atoms with Crippen molar-refractivity contribution in [1.29, 1.82) is 0 Å². The highest BCUT2D eigenvalue weighted by atomic mass is 16.6. The summed E-state index contributed by atoms with van der Waals surface area (Å²) >= 11 is 0. The summed E-state index contributed by atoms with van der Waals surface area (Å²) in [4.78, 5) is 65.9. The van der Waals surface area contributed by atoms with Crippen molar-refractivity contribution in [1.82, 2.24) is 0 Å². The van der Waals surface area contributed by atoms with E-state index in [2.05, 4.69) is 44.2 Å². The number of ketones is 2. The Kier molecular flexibility index (Phi) is 12.9. The zero-order valence-corrected chi connectivity index (χ0v) is 38.9. The van der Waals surface area contributed by atoms with Crippen molar-refractivity contribution >= 4 is 29.5 Å². The number of cyclic esters (lactones) is 2. The van der Waals surface area contributed by atoms with Gasteiger partial charge in [0.2, 0.25) is 0 Å². The Bertz CT molecular complexity index is 2140. The van der Waals surface area contributed by atoms with Crippen molar-refractivity contribution < 1.29 is 57.1 Å². The van der Waals surface area contributed by atoms with Crippen LogP contribution in [0.25, 0.3) is 0 Å². The van der Waals surface area contributed by atoms with E-state index in [9.17, 15) is 24.0 Å². The molecule has 0 aromatic heterocycles. The molecular weight excluding hydrogens is 817 g/mol. The predicted octanol–water partition coefficient (Wildman–Crippen LogP) is 7.28. The Morgan fingerprint density at radius 1 is 0.734 bits per heavy atom. The van der Waals surface area contributed by atoms with Crippen molar-refractivity contribution in [2.45, 2.75) is 141 Å². The van der Waals surface area contributed by atoms with Crippen LogP contribution in [0.1, 0.15) is 87.5 Å². The molecule has 9 aliphatic rings. The highest BCUT2D eigenvalue weighted by molar-refractivity contribution is 6.00. The Morgan fingerprint density at radius 3 is 1.80 bits per heavy atom. The molecule has 2 spiro atoms. The van der Waals surface area contributed by atoms with Crippen molar-refractivity contribution in [2.24, 2.45) is 53.3 Å². The fourth-order valence-electron chi connectivity index (χ4n) is 12.7. The number of rotatable bonds is 6. The first-order valence-corrected chi connectivity index (χ1v) is 23.5. The summed E-state index contributed by atoms with van der Waals surface area (Å²) in [5.41, 5.74) is 1.74. The molecule has 0 aromatic rings. The van der Waals surface area contributed by atoms with Crippen LogP contribution in [0.3, 0.4) is 0 Å². The molecule has 18 atom stereocenters. The quantitative estimate of drug-likeness (QED) is 0.150. The number of carbonyl (C=O) groups excluding carboxylic acids is 5. The normalized spacial score (nSPS) is 45.8. The van der Waals surface area contributed by atoms with E-state index in [0.717, 1.165) is 23.1 Å². The molecule has 0 N–H and O–H groups in total. The first-order valence-electron chi connectivity index (χ1n) is 23.5. The van der Waals surface area contributed by atoms with Crippen molar-refractivity contribution in [3.8, 4) is 0 Å². The van der Waals surface area contributed by atoms with Crippen LogP contribution in [0.2, 0.25) is 0 Å². The predicted molar refractivity (Wildman–Crippen MR) is 236 cm³/mol. The minimum absolute atomic E-state index is 0.0251. The first-order chi connectivity index (χ1) is 30.5. The number of Topliss-reactive ketones (excluding diaryl/α,β-unsaturated/α-hetero) is 2. The molecule has 9 rings (SSSR count). The van der Waals surface area contributed by atoms with Gasteiger partial charge >= 0.3 is 17.9 Å². The van der Waals surface area contributed by atoms with E-state index in [4.69, 9.17) is 33.2 Å². The van der Waals surface area contributed by atoms with Crippen LogP contribution in [0, 0.1) is 53.3 Å². The lowest BCUT2D eigenvalue weighted by atomic mass is 9.58. The fraction of sp³-hybridized carbons (Fsp3) is 0.635. The molecule has 2 saturated heterocycles. The second-order valence-electron chi connectivity index (χ2n) is 19.5. The summed E-state index contributed by atoms with van der Waals surface area (Å²) in [5, 5.41) is 0. The van der Waals surface area contributed by atoms with E-state index in [0.29, 0.717) is 31.3 Å². The molecule has 4 heterocycles. The summed E-state index contributed by atoms with van der Waals surface area (Å²) < 4.78 is 42.3. The van der Waals surface area contributed by atoms with Gasteiger partial charge in [0.25, 0.3) is 0 Å². The van der Waals surface area contributed by atoms with Crippen LogP contribution in [0.15, 0.2) is 83.1 Å². The Hall–Kier alpha value is -4.23. The van der Waals surface area contributed by atoms with Crippen LogP contribution in [-0.4, -0.2) is 97.6 Å². The second kappa shape index (κ2) is 17.9. The maximum absolute atomic E-state index is 14.0. The first kappa shape index (κ1) is 46.3. The van der Waals surface area contributed by atoms with E-state index in [1.807, 2.05) is 65.8 Å². The summed E-state index contributed by atoms with van der Waals surface area (Å²) in [6.07, 6.45) is 19.6. The smallest absolute Gasteiger partial charge is 0.335 e. The monoisotopic (exact) mass is 882 g/mol. The Labute approximate surface area is 377 Å². The number of hydrogen-bond donors (Lipinski definition) is 0. The Morgan fingerprint density at radius 2 is 1.28 bits per heavy atom. The van der Waals surface area contributed by atoms with Crippen molar-refractivity contribution in [3.05, 3.63) is 83.1 Å². The molecule has 12 nitrogen and oxygen atoms in total.